The molecule has 3 nitrogen and oxygen atoms in total. The van der Waals surface area contributed by atoms with Gasteiger partial charge >= 0.3 is 29.6 Å². The molecule has 0 radical (unpaired) electrons. The van der Waals surface area contributed by atoms with E-state index in [1.54, 1.807) is 6.07 Å². The van der Waals surface area contributed by atoms with Crippen molar-refractivity contribution in [3.63, 3.8) is 0 Å². The van der Waals surface area contributed by atoms with Crippen LogP contribution in [0.4, 0.5) is 0 Å². The second-order valence-electron chi connectivity index (χ2n) is 2.05. The van der Waals surface area contributed by atoms with Crippen LogP contribution in [0.3, 0.4) is 0 Å². The predicted octanol–water partition coefficient (Wildman–Crippen LogP) is -2.22. The van der Waals surface area contributed by atoms with Crippen molar-refractivity contribution in [2.75, 3.05) is 14.2 Å². The summed E-state index contributed by atoms with van der Waals surface area (Å²) in [5.74, 6) is 0.935. The topological polar surface area (TPSA) is 41.5 Å². The van der Waals surface area contributed by atoms with E-state index in [9.17, 15) is 5.11 Å². The molecule has 0 aromatic heterocycles. The van der Waals surface area contributed by atoms with Crippen molar-refractivity contribution in [2.24, 2.45) is 0 Å². The van der Waals surface area contributed by atoms with Crippen LogP contribution >= 0.6 is 0 Å². The predicted molar refractivity (Wildman–Crippen MR) is 39.0 cm³/mol. The summed E-state index contributed by atoms with van der Waals surface area (Å²) in [5, 5.41) is 10.9. The van der Waals surface area contributed by atoms with Crippen LogP contribution in [0.15, 0.2) is 18.2 Å². The number of benzene rings is 1. The van der Waals surface area contributed by atoms with E-state index in [4.69, 9.17) is 9.47 Å². The maximum atomic E-state index is 10.9. The van der Waals surface area contributed by atoms with Gasteiger partial charge in [0, 0.05) is 6.07 Å². The van der Waals surface area contributed by atoms with Crippen LogP contribution in [0.25, 0.3) is 0 Å². The molecule has 0 atom stereocenters. The van der Waals surface area contributed by atoms with Crippen LogP contribution < -0.4 is 44.1 Å². The molecule has 0 heterocycles. The van der Waals surface area contributed by atoms with Crippen molar-refractivity contribution in [3.8, 4) is 17.2 Å². The van der Waals surface area contributed by atoms with Gasteiger partial charge in [-0.15, -0.1) is 5.75 Å². The van der Waals surface area contributed by atoms with E-state index < -0.39 is 0 Å². The first kappa shape index (κ1) is 11.6. The van der Waals surface area contributed by atoms with Gasteiger partial charge in [0.2, 0.25) is 0 Å². The molecule has 12 heavy (non-hydrogen) atoms. The minimum Gasteiger partial charge on any atom is -0.872 e. The molecule has 1 rings (SSSR count). The fourth-order valence-corrected chi connectivity index (χ4v) is 0.781. The zero-order valence-corrected chi connectivity index (χ0v) is 9.46. The van der Waals surface area contributed by atoms with Gasteiger partial charge in [0.15, 0.2) is 0 Å². The van der Waals surface area contributed by atoms with Crippen LogP contribution in [0.5, 0.6) is 17.2 Å². The van der Waals surface area contributed by atoms with Crippen LogP contribution in [-0.4, -0.2) is 14.2 Å². The summed E-state index contributed by atoms with van der Waals surface area (Å²) in [7, 11) is 3.02. The Morgan fingerprint density at radius 1 is 1.00 bits per heavy atom. The van der Waals surface area contributed by atoms with Crippen LogP contribution in [0, 0.1) is 0 Å². The molecule has 0 bridgehead atoms. The van der Waals surface area contributed by atoms with Crippen LogP contribution in [-0.2, 0) is 0 Å². The van der Waals surface area contributed by atoms with Gasteiger partial charge in [0.1, 0.15) is 11.5 Å². The summed E-state index contributed by atoms with van der Waals surface area (Å²) in [4.78, 5) is 0. The number of rotatable bonds is 2. The molecule has 0 aliphatic rings. The van der Waals surface area contributed by atoms with E-state index in [0.29, 0.717) is 11.5 Å². The number of hydrogen-bond acceptors (Lipinski definition) is 3. The van der Waals surface area contributed by atoms with Gasteiger partial charge in [-0.05, 0) is 12.1 Å². The fourth-order valence-electron chi connectivity index (χ4n) is 0.781. The first-order valence-electron chi connectivity index (χ1n) is 3.16. The molecule has 0 unspecified atom stereocenters. The van der Waals surface area contributed by atoms with Crippen molar-refractivity contribution in [3.05, 3.63) is 18.2 Å². The third-order valence-corrected chi connectivity index (χ3v) is 1.32. The summed E-state index contributed by atoms with van der Waals surface area (Å²) < 4.78 is 9.72. The molecule has 0 N–H and O–H groups in total. The van der Waals surface area contributed by atoms with E-state index in [2.05, 4.69) is 0 Å². The van der Waals surface area contributed by atoms with Gasteiger partial charge in [-0.2, -0.15) is 0 Å². The molecule has 0 saturated carbocycles. The molecule has 0 aliphatic carbocycles. The smallest absolute Gasteiger partial charge is 0.872 e. The largest absolute Gasteiger partial charge is 1.00 e. The molecular weight excluding hydrogens is 167 g/mol. The Bertz CT molecular complexity index is 228. The Kier molecular flexibility index (Phi) is 5.13. The summed E-state index contributed by atoms with van der Waals surface area (Å²) in [6.45, 7) is 0. The summed E-state index contributed by atoms with van der Waals surface area (Å²) in [5.41, 5.74) is 0. The normalized spacial score (nSPS) is 8.50. The second kappa shape index (κ2) is 5.30. The first-order chi connectivity index (χ1) is 5.26. The molecule has 1 aromatic carbocycles. The maximum absolute atomic E-state index is 10.9. The molecule has 1 aromatic rings. The van der Waals surface area contributed by atoms with Gasteiger partial charge in [-0.1, -0.05) is 0 Å². The van der Waals surface area contributed by atoms with Crippen molar-refractivity contribution < 1.29 is 44.1 Å². The Balaban J connectivity index is 0.00000121. The molecule has 0 aliphatic heterocycles. The summed E-state index contributed by atoms with van der Waals surface area (Å²) in [6.07, 6.45) is 0. The quantitative estimate of drug-likeness (QED) is 0.479. The van der Waals surface area contributed by atoms with E-state index in [1.807, 2.05) is 0 Å². The van der Waals surface area contributed by atoms with Crippen molar-refractivity contribution >= 4 is 0 Å². The number of hydrogen-bond donors (Lipinski definition) is 0. The van der Waals surface area contributed by atoms with Crippen molar-refractivity contribution in [2.45, 2.75) is 0 Å². The summed E-state index contributed by atoms with van der Waals surface area (Å²) in [6, 6.07) is 4.46. The third kappa shape index (κ3) is 2.93. The Morgan fingerprint density at radius 3 is 1.75 bits per heavy atom. The molecule has 4 heteroatoms. The minimum absolute atomic E-state index is 0. The average Bonchev–Trinajstić information content (AvgIpc) is 2.03. The zero-order chi connectivity index (χ0) is 8.27. The third-order valence-electron chi connectivity index (χ3n) is 1.32. The molecule has 0 spiro atoms. The number of ether oxygens (including phenoxy) is 2. The molecule has 0 fully saturated rings. The van der Waals surface area contributed by atoms with E-state index in [1.165, 1.54) is 26.4 Å². The van der Waals surface area contributed by atoms with Gasteiger partial charge in [0.05, 0.1) is 14.2 Å². The zero-order valence-electron chi connectivity index (χ0n) is 7.46. The van der Waals surface area contributed by atoms with Gasteiger partial charge in [-0.3, -0.25) is 0 Å². The number of methoxy groups -OCH3 is 2. The fraction of sp³-hybridized carbons (Fsp3) is 0.250. The Hall–Kier alpha value is -0.380. The standard InChI is InChI=1S/C8H10O3.Na/c1-10-7-3-6(9)4-8(5-7)11-2;/h3-5,9H,1-2H3;/q;+1/p-1. The minimum atomic E-state index is -0.110. The SMILES string of the molecule is COc1cc([O-])cc(OC)c1.[Na+]. The van der Waals surface area contributed by atoms with Gasteiger partial charge in [-0.25, -0.2) is 0 Å². The van der Waals surface area contributed by atoms with Gasteiger partial charge < -0.3 is 14.6 Å². The van der Waals surface area contributed by atoms with Gasteiger partial charge in [0.25, 0.3) is 0 Å². The molecule has 0 amide bonds. The second-order valence-corrected chi connectivity index (χ2v) is 2.05. The molecule has 0 saturated heterocycles. The Labute approximate surface area is 93.6 Å². The first-order valence-corrected chi connectivity index (χ1v) is 3.16. The summed E-state index contributed by atoms with van der Waals surface area (Å²) >= 11 is 0. The van der Waals surface area contributed by atoms with E-state index in [-0.39, 0.29) is 35.3 Å². The van der Waals surface area contributed by atoms with E-state index in [0.717, 1.165) is 0 Å². The average molecular weight is 176 g/mol. The van der Waals surface area contributed by atoms with E-state index >= 15 is 0 Å². The van der Waals surface area contributed by atoms with Crippen molar-refractivity contribution in [1.82, 2.24) is 0 Å². The monoisotopic (exact) mass is 176 g/mol. The van der Waals surface area contributed by atoms with Crippen LogP contribution in [0.1, 0.15) is 0 Å². The Morgan fingerprint density at radius 2 is 1.42 bits per heavy atom. The molecular formula is C8H9NaO3. The molecule has 60 valence electrons. The van der Waals surface area contributed by atoms with Crippen LogP contribution in [0.2, 0.25) is 0 Å². The maximum Gasteiger partial charge on any atom is 1.00 e. The van der Waals surface area contributed by atoms with Crippen molar-refractivity contribution in [1.29, 1.82) is 0 Å².